The summed E-state index contributed by atoms with van der Waals surface area (Å²) >= 11 is 0. The zero-order chi connectivity index (χ0) is 72.5. The number of nitrogens with zero attached hydrogens (tertiary/aromatic N) is 9. The van der Waals surface area contributed by atoms with Crippen LogP contribution in [0.1, 0.15) is 66.1 Å². The Bertz CT molecular complexity index is 4160. The lowest BCUT2D eigenvalue weighted by atomic mass is 9.83. The molecule has 9 aromatic carbocycles. The summed E-state index contributed by atoms with van der Waals surface area (Å²) < 4.78 is 87.4. The van der Waals surface area contributed by atoms with Crippen molar-refractivity contribution in [3.05, 3.63) is 343 Å². The molecule has 1 unspecified atom stereocenters. The Morgan fingerprint density at radius 1 is 0.343 bits per heavy atom. The van der Waals surface area contributed by atoms with Crippen molar-refractivity contribution in [1.82, 2.24) is 0 Å². The van der Waals surface area contributed by atoms with E-state index in [4.69, 9.17) is 56.5 Å². The molecule has 2 saturated heterocycles. The van der Waals surface area contributed by atoms with Crippen LogP contribution in [0.15, 0.2) is 288 Å². The molecule has 0 aromatic heterocycles. The van der Waals surface area contributed by atoms with Gasteiger partial charge in [-0.1, -0.05) is 309 Å². The highest BCUT2D eigenvalue weighted by atomic mass is 28.4. The van der Waals surface area contributed by atoms with Gasteiger partial charge in [0.05, 0.1) is 95.9 Å². The number of ether oxygens (including phenoxy) is 11. The minimum atomic E-state index is -3.34. The lowest BCUT2D eigenvalue weighted by molar-refractivity contribution is -0.353. The average Bonchev–Trinajstić information content (AvgIpc) is 0.752. The van der Waals surface area contributed by atoms with Crippen LogP contribution >= 0.6 is 0 Å². The molecule has 0 amide bonds. The molecule has 2 heterocycles. The summed E-state index contributed by atoms with van der Waals surface area (Å²) in [5, 5.41) is 15.0. The van der Waals surface area contributed by atoms with Gasteiger partial charge in [0.2, 0.25) is 0 Å². The van der Waals surface area contributed by atoms with E-state index in [9.17, 15) is 16.6 Å². The maximum Gasteiger partial charge on any atom is 0.261 e. The number of benzene rings is 9. The van der Waals surface area contributed by atoms with E-state index in [1.807, 2.05) is 249 Å². The van der Waals surface area contributed by atoms with Gasteiger partial charge in [0.15, 0.2) is 12.6 Å². The molecule has 22 heteroatoms. The Morgan fingerprint density at radius 3 is 1.00 bits per heavy atom. The van der Waals surface area contributed by atoms with Crippen molar-refractivity contribution in [3.8, 4) is 0 Å². The lowest BCUT2D eigenvalue weighted by Gasteiger charge is -2.51. The first-order chi connectivity index (χ1) is 51.6. The van der Waals surface area contributed by atoms with Gasteiger partial charge in [0.1, 0.15) is 42.7 Å². The zero-order valence-corrected chi connectivity index (χ0v) is 60.1. The molecular formula is C83H89N9O12Si. The molecule has 12 rings (SSSR count). The molecule has 542 valence electrons. The molecule has 9 aromatic rings. The van der Waals surface area contributed by atoms with E-state index in [-0.39, 0.29) is 65.9 Å². The van der Waals surface area contributed by atoms with E-state index in [0.29, 0.717) is 0 Å². The van der Waals surface area contributed by atoms with Crippen molar-refractivity contribution in [3.63, 3.8) is 0 Å². The van der Waals surface area contributed by atoms with Gasteiger partial charge in [0.25, 0.3) is 8.32 Å². The minimum Gasteiger partial charge on any atom is -0.405 e. The van der Waals surface area contributed by atoms with E-state index in [1.54, 1.807) is 0 Å². The normalized spacial score (nSPS) is 24.7. The highest BCUT2D eigenvalue weighted by Crippen LogP contribution is 2.42. The van der Waals surface area contributed by atoms with Crippen LogP contribution in [-0.4, -0.2) is 113 Å². The molecule has 1 saturated carbocycles. The van der Waals surface area contributed by atoms with Gasteiger partial charge in [-0.2, -0.15) is 0 Å². The van der Waals surface area contributed by atoms with Crippen molar-refractivity contribution < 1.29 is 56.5 Å². The summed E-state index contributed by atoms with van der Waals surface area (Å²) in [5.41, 5.74) is 38.2. The third kappa shape index (κ3) is 19.8. The van der Waals surface area contributed by atoms with Gasteiger partial charge in [-0.15, -0.1) is 0 Å². The fourth-order valence-electron chi connectivity index (χ4n) is 14.2. The van der Waals surface area contributed by atoms with Gasteiger partial charge in [0, 0.05) is 14.7 Å². The maximum absolute atomic E-state index is 10.8. The lowest BCUT2D eigenvalue weighted by Crippen LogP contribution is -2.69. The molecule has 21 nitrogen and oxygen atoms in total. The summed E-state index contributed by atoms with van der Waals surface area (Å²) in [5.74, 6) is 0. The van der Waals surface area contributed by atoms with Crippen LogP contribution in [0.2, 0.25) is 5.04 Å². The first-order valence-corrected chi connectivity index (χ1v) is 37.5. The highest BCUT2D eigenvalue weighted by Gasteiger charge is 2.58. The quantitative estimate of drug-likeness (QED) is 0.0158. The van der Waals surface area contributed by atoms with Crippen LogP contribution in [0.25, 0.3) is 31.3 Å². The number of hydrogen-bond acceptors (Lipinski definition) is 15. The Balaban J connectivity index is 0.991. The second-order valence-corrected chi connectivity index (χ2v) is 31.6. The zero-order valence-electron chi connectivity index (χ0n) is 59.1. The Kier molecular flexibility index (Phi) is 27.3. The van der Waals surface area contributed by atoms with Crippen LogP contribution < -0.4 is 10.4 Å². The predicted molar refractivity (Wildman–Crippen MR) is 400 cm³/mol. The predicted octanol–water partition coefficient (Wildman–Crippen LogP) is 16.0. The molecule has 0 N–H and O–H groups in total. The topological polar surface area (TPSA) is 257 Å². The first kappa shape index (κ1) is 75.3. The van der Waals surface area contributed by atoms with E-state index in [2.05, 4.69) is 75.1 Å². The van der Waals surface area contributed by atoms with Crippen LogP contribution in [0.5, 0.6) is 0 Å². The summed E-state index contributed by atoms with van der Waals surface area (Å²) in [6.45, 7) is 7.20. The van der Waals surface area contributed by atoms with Gasteiger partial charge >= 0.3 is 0 Å². The molecule has 1 aliphatic carbocycles. The van der Waals surface area contributed by atoms with Crippen molar-refractivity contribution in [2.75, 3.05) is 13.2 Å². The monoisotopic (exact) mass is 1430 g/mol. The van der Waals surface area contributed by atoms with E-state index in [1.165, 1.54) is 0 Å². The first-order valence-electron chi connectivity index (χ1n) is 35.6. The highest BCUT2D eigenvalue weighted by molar-refractivity contribution is 6.99. The van der Waals surface area contributed by atoms with E-state index in [0.717, 1.165) is 49.3 Å². The van der Waals surface area contributed by atoms with Crippen molar-refractivity contribution >= 4 is 18.7 Å². The number of hydrogen-bond donors (Lipinski definition) is 0. The van der Waals surface area contributed by atoms with Gasteiger partial charge < -0.3 is 56.5 Å². The molecule has 2 aliphatic heterocycles. The van der Waals surface area contributed by atoms with Crippen molar-refractivity contribution in [2.45, 2.75) is 170 Å². The molecule has 3 fully saturated rings. The second kappa shape index (κ2) is 38.1. The molecule has 0 radical (unpaired) electrons. The molecule has 105 heavy (non-hydrogen) atoms. The fraction of sp³-hybridized carbons (Fsp3) is 0.349. The summed E-state index contributed by atoms with van der Waals surface area (Å²) in [4.78, 5) is 10.3. The van der Waals surface area contributed by atoms with Crippen LogP contribution in [0, 0.1) is 0 Å². The smallest absolute Gasteiger partial charge is 0.261 e. The van der Waals surface area contributed by atoms with E-state index < -0.39 is 105 Å². The third-order valence-corrected chi connectivity index (χ3v) is 24.3. The largest absolute Gasteiger partial charge is 0.405 e. The van der Waals surface area contributed by atoms with Crippen LogP contribution in [0.3, 0.4) is 0 Å². The van der Waals surface area contributed by atoms with Gasteiger partial charge in [-0.25, -0.2) is 0 Å². The minimum absolute atomic E-state index is 0.0176. The Hall–Kier alpha value is -9.35. The Morgan fingerprint density at radius 2 is 0.638 bits per heavy atom. The third-order valence-electron chi connectivity index (χ3n) is 19.3. The molecule has 0 bridgehead atoms. The standard InChI is InChI=1S/C83H89N9O12Si/c1-83(2,3)105(66-45-27-11-28-46-66,67-47-29-12-30-48-67)100-58-71-76(95-52-61-35-17-6-18-36-61)79(98-55-64-41-23-9-24-42-64)80(99-56-65-43-25-10-26-44-65)82(102-71)104-74-69(88-91-85)49-68(87-90-84)73(78(74)97-54-63-39-21-8-22-40-63)103-81-77(96-53-62-37-19-7-20-38-62)72(89-92-86)75(94-51-60-33-15-5-16-34-60)70(101-81)57-93-50-59-31-13-4-14-32-59/h4-48,68-82H,49-58H2,1-3H3/t68-,69+,70-,71-,72?,73+,74-,75-,76-,77-,78-,79+,80-,81-,82-/m1/s1. The van der Waals surface area contributed by atoms with E-state index >= 15 is 0 Å². The van der Waals surface area contributed by atoms with Crippen molar-refractivity contribution in [2.24, 2.45) is 15.3 Å². The Labute approximate surface area is 614 Å². The van der Waals surface area contributed by atoms with Gasteiger partial charge in [-0.05, 0) is 77.4 Å². The average molecular weight is 1430 g/mol. The van der Waals surface area contributed by atoms with Crippen LogP contribution in [-0.2, 0) is 103 Å². The molecule has 15 atom stereocenters. The summed E-state index contributed by atoms with van der Waals surface area (Å²) in [6, 6.07) is 85.3. The molecular weight excluding hydrogens is 1340 g/mol. The molecule has 0 spiro atoms. The summed E-state index contributed by atoms with van der Waals surface area (Å²) in [6.07, 6.45) is -14.1. The summed E-state index contributed by atoms with van der Waals surface area (Å²) in [7, 11) is -3.34. The van der Waals surface area contributed by atoms with Crippen molar-refractivity contribution in [1.29, 1.82) is 0 Å². The van der Waals surface area contributed by atoms with Gasteiger partial charge in [-0.3, -0.25) is 0 Å². The van der Waals surface area contributed by atoms with Crippen LogP contribution in [0.4, 0.5) is 0 Å². The molecule has 3 aliphatic rings. The number of rotatable bonds is 34. The SMILES string of the molecule is CC(C)(C)[Si](OC[C@H]1O[C@H](O[C@H]2[C@H](OCc3ccccc3)[C@@H](O[C@H]3O[C@H](COCc4ccccc4)[C@@H](OCc4ccccc4)C(N=[N+]=[N-])[C@H]3OCc3ccccc3)[C@H](N=[N+]=[N-])C[C@@H]2N=[N+]=[N-])[C@H](OCc2ccccc2)[C@@H](OCc2ccccc2)[C@@H]1OCc1ccccc1)(c1ccccc1)c1ccccc1. The second-order valence-electron chi connectivity index (χ2n) is 27.3. The number of azide groups is 3. The fourth-order valence-corrected chi connectivity index (χ4v) is 18.7. The maximum atomic E-state index is 10.8.